The molecule has 0 fully saturated rings. The van der Waals surface area contributed by atoms with Gasteiger partial charge in [-0.15, -0.1) is 0 Å². The van der Waals surface area contributed by atoms with E-state index in [9.17, 15) is 5.11 Å². The average Bonchev–Trinajstić information content (AvgIpc) is 2.85. The number of nitrogens with one attached hydrogen (secondary N) is 2. The fourth-order valence-corrected chi connectivity index (χ4v) is 3.45. The van der Waals surface area contributed by atoms with Gasteiger partial charge in [-0.25, -0.2) is 9.97 Å². The Morgan fingerprint density at radius 2 is 1.91 bits per heavy atom. The molecule has 3 rings (SSSR count). The largest absolute Gasteiger partial charge is 0.497 e. The van der Waals surface area contributed by atoms with E-state index in [1.54, 1.807) is 20.4 Å². The molecule has 0 radical (unpaired) electrons. The predicted octanol–water partition coefficient (Wildman–Crippen LogP) is 4.02. The number of aliphatic hydroxyl groups excluding tert-OH is 1. The summed E-state index contributed by atoms with van der Waals surface area (Å²) in [6, 6.07) is 7.38. The van der Waals surface area contributed by atoms with Crippen molar-refractivity contribution < 1.29 is 19.3 Å². The number of methoxy groups -OCH3 is 2. The summed E-state index contributed by atoms with van der Waals surface area (Å²) in [5, 5.41) is 16.5. The SMILES string of the molecule is CCCC[C@H](CO)Nc1nc(NCc2ccc(OC)cc2OC)nc2cc(OCC)cnc12. The Kier molecular flexibility index (Phi) is 8.88. The minimum atomic E-state index is -0.119. The van der Waals surface area contributed by atoms with Gasteiger partial charge in [0, 0.05) is 24.2 Å². The van der Waals surface area contributed by atoms with Gasteiger partial charge in [-0.2, -0.15) is 4.98 Å². The molecule has 0 aliphatic heterocycles. The zero-order valence-electron chi connectivity index (χ0n) is 19.7. The summed E-state index contributed by atoms with van der Waals surface area (Å²) in [6.45, 7) is 5.05. The lowest BCUT2D eigenvalue weighted by molar-refractivity contribution is 0.267. The molecule has 0 aliphatic carbocycles. The van der Waals surface area contributed by atoms with Crippen LogP contribution in [0.15, 0.2) is 30.5 Å². The second kappa shape index (κ2) is 12.1. The molecule has 178 valence electrons. The number of fused-ring (bicyclic) bond motifs is 1. The molecule has 2 heterocycles. The van der Waals surface area contributed by atoms with Gasteiger partial charge in [0.2, 0.25) is 5.95 Å². The van der Waals surface area contributed by atoms with Crippen LogP contribution >= 0.6 is 0 Å². The van der Waals surface area contributed by atoms with Crippen LogP contribution in [-0.4, -0.2) is 53.5 Å². The maximum absolute atomic E-state index is 9.84. The average molecular weight is 456 g/mol. The molecule has 3 aromatic rings. The number of benzene rings is 1. The third-order valence-electron chi connectivity index (χ3n) is 5.22. The number of aromatic nitrogens is 3. The summed E-state index contributed by atoms with van der Waals surface area (Å²) in [7, 11) is 3.24. The lowest BCUT2D eigenvalue weighted by Gasteiger charge is -2.18. The molecule has 33 heavy (non-hydrogen) atoms. The molecule has 0 spiro atoms. The summed E-state index contributed by atoms with van der Waals surface area (Å²) in [5.74, 6) is 3.08. The van der Waals surface area contributed by atoms with E-state index in [4.69, 9.17) is 14.2 Å². The van der Waals surface area contributed by atoms with Crippen LogP contribution in [0.3, 0.4) is 0 Å². The minimum Gasteiger partial charge on any atom is -0.497 e. The number of hydrogen-bond donors (Lipinski definition) is 3. The van der Waals surface area contributed by atoms with Gasteiger partial charge in [-0.05, 0) is 25.5 Å². The maximum atomic E-state index is 9.84. The predicted molar refractivity (Wildman–Crippen MR) is 129 cm³/mol. The van der Waals surface area contributed by atoms with E-state index in [1.807, 2.05) is 31.2 Å². The van der Waals surface area contributed by atoms with E-state index < -0.39 is 0 Å². The van der Waals surface area contributed by atoms with Crippen molar-refractivity contribution in [1.29, 1.82) is 0 Å². The summed E-state index contributed by atoms with van der Waals surface area (Å²) in [6.07, 6.45) is 4.55. The Labute approximate surface area is 194 Å². The van der Waals surface area contributed by atoms with Gasteiger partial charge in [-0.3, -0.25) is 0 Å². The topological polar surface area (TPSA) is 111 Å². The first-order valence-electron chi connectivity index (χ1n) is 11.2. The standard InChI is InChI=1S/C24H33N5O4/c1-5-7-8-17(15-30)27-23-22-20(11-19(14-25-22)33-6-2)28-24(29-23)26-13-16-9-10-18(31-3)12-21(16)32-4/h9-12,14,17,30H,5-8,13,15H2,1-4H3,(H2,26,27,28,29)/t17-/m1/s1. The van der Waals surface area contributed by atoms with E-state index in [0.717, 1.165) is 30.6 Å². The first-order valence-corrected chi connectivity index (χ1v) is 11.2. The highest BCUT2D eigenvalue weighted by Crippen LogP contribution is 2.27. The minimum absolute atomic E-state index is 0.00827. The van der Waals surface area contributed by atoms with Gasteiger partial charge in [0.15, 0.2) is 5.82 Å². The van der Waals surface area contributed by atoms with Crippen LogP contribution in [0.5, 0.6) is 17.2 Å². The summed E-state index contributed by atoms with van der Waals surface area (Å²) < 4.78 is 16.4. The van der Waals surface area contributed by atoms with Gasteiger partial charge < -0.3 is 30.0 Å². The van der Waals surface area contributed by atoms with Crippen LogP contribution < -0.4 is 24.8 Å². The van der Waals surface area contributed by atoms with Gasteiger partial charge >= 0.3 is 0 Å². The second-order valence-corrected chi connectivity index (χ2v) is 7.56. The molecule has 1 aromatic carbocycles. The van der Waals surface area contributed by atoms with E-state index in [-0.39, 0.29) is 12.6 Å². The number of nitrogens with zero attached hydrogens (tertiary/aromatic N) is 3. The van der Waals surface area contributed by atoms with Crippen molar-refractivity contribution in [2.75, 3.05) is 38.1 Å². The van der Waals surface area contributed by atoms with Crippen LogP contribution in [-0.2, 0) is 6.54 Å². The number of ether oxygens (including phenoxy) is 3. The number of aliphatic hydroxyl groups is 1. The molecule has 0 bridgehead atoms. The van der Waals surface area contributed by atoms with Crippen LogP contribution in [0.1, 0.15) is 38.7 Å². The normalized spacial score (nSPS) is 11.8. The number of unbranched alkanes of at least 4 members (excludes halogenated alkanes) is 1. The van der Waals surface area contributed by atoms with Crippen LogP contribution in [0, 0.1) is 0 Å². The summed E-state index contributed by atoms with van der Waals surface area (Å²) in [5.41, 5.74) is 2.21. The molecular weight excluding hydrogens is 422 g/mol. The highest BCUT2D eigenvalue weighted by atomic mass is 16.5. The third-order valence-corrected chi connectivity index (χ3v) is 5.22. The van der Waals surface area contributed by atoms with Crippen molar-refractivity contribution in [2.24, 2.45) is 0 Å². The van der Waals surface area contributed by atoms with Crippen LogP contribution in [0.25, 0.3) is 11.0 Å². The first-order chi connectivity index (χ1) is 16.1. The molecule has 3 N–H and O–H groups in total. The molecule has 0 amide bonds. The van der Waals surface area contributed by atoms with Crippen molar-refractivity contribution in [3.8, 4) is 17.2 Å². The Morgan fingerprint density at radius 1 is 1.06 bits per heavy atom. The monoisotopic (exact) mass is 455 g/mol. The Morgan fingerprint density at radius 3 is 2.61 bits per heavy atom. The molecule has 2 aromatic heterocycles. The Hall–Kier alpha value is -3.33. The fraction of sp³-hybridized carbons (Fsp3) is 0.458. The Bertz CT molecular complexity index is 1050. The molecule has 9 nitrogen and oxygen atoms in total. The molecule has 1 atom stereocenters. The van der Waals surface area contributed by atoms with E-state index >= 15 is 0 Å². The molecule has 0 saturated carbocycles. The number of hydrogen-bond acceptors (Lipinski definition) is 9. The van der Waals surface area contributed by atoms with Crippen molar-refractivity contribution in [3.05, 3.63) is 36.0 Å². The molecule has 9 heteroatoms. The lowest BCUT2D eigenvalue weighted by Crippen LogP contribution is -2.25. The van der Waals surface area contributed by atoms with Crippen molar-refractivity contribution >= 4 is 22.8 Å². The lowest BCUT2D eigenvalue weighted by atomic mass is 10.1. The smallest absolute Gasteiger partial charge is 0.225 e. The van der Waals surface area contributed by atoms with Gasteiger partial charge in [0.1, 0.15) is 28.3 Å². The number of pyridine rings is 1. The fourth-order valence-electron chi connectivity index (χ4n) is 3.45. The highest BCUT2D eigenvalue weighted by Gasteiger charge is 2.15. The molecule has 0 unspecified atom stereocenters. The van der Waals surface area contributed by atoms with Crippen molar-refractivity contribution in [3.63, 3.8) is 0 Å². The second-order valence-electron chi connectivity index (χ2n) is 7.56. The van der Waals surface area contributed by atoms with Gasteiger partial charge in [-0.1, -0.05) is 19.8 Å². The van der Waals surface area contributed by atoms with E-state index in [2.05, 4.69) is 32.5 Å². The third kappa shape index (κ3) is 6.35. The number of rotatable bonds is 13. The summed E-state index contributed by atoms with van der Waals surface area (Å²) in [4.78, 5) is 13.8. The number of anilines is 2. The van der Waals surface area contributed by atoms with Gasteiger partial charge in [0.05, 0.1) is 39.7 Å². The molecule has 0 saturated heterocycles. The van der Waals surface area contributed by atoms with Crippen LogP contribution in [0.4, 0.5) is 11.8 Å². The van der Waals surface area contributed by atoms with Gasteiger partial charge in [0.25, 0.3) is 0 Å². The molecule has 0 aliphatic rings. The quantitative estimate of drug-likeness (QED) is 0.352. The van der Waals surface area contributed by atoms with Crippen molar-refractivity contribution in [2.45, 2.75) is 45.7 Å². The maximum Gasteiger partial charge on any atom is 0.225 e. The first kappa shape index (κ1) is 24.3. The zero-order valence-corrected chi connectivity index (χ0v) is 19.7. The summed E-state index contributed by atoms with van der Waals surface area (Å²) >= 11 is 0. The zero-order chi connectivity index (χ0) is 23.6. The Balaban J connectivity index is 1.91. The van der Waals surface area contributed by atoms with E-state index in [0.29, 0.717) is 47.5 Å². The van der Waals surface area contributed by atoms with E-state index in [1.165, 1.54) is 0 Å². The highest BCUT2D eigenvalue weighted by molar-refractivity contribution is 5.87. The van der Waals surface area contributed by atoms with Crippen molar-refractivity contribution in [1.82, 2.24) is 15.0 Å². The van der Waals surface area contributed by atoms with Crippen LogP contribution in [0.2, 0.25) is 0 Å². The molecular formula is C24H33N5O4.